The largest absolute Gasteiger partial charge is 0.459 e. The van der Waals surface area contributed by atoms with Crippen LogP contribution in [0.4, 0.5) is 0 Å². The van der Waals surface area contributed by atoms with Crippen LogP contribution in [0.15, 0.2) is 50.4 Å². The van der Waals surface area contributed by atoms with E-state index in [0.29, 0.717) is 29.7 Å². The smallest absolute Gasteiger partial charge is 0.330 e. The van der Waals surface area contributed by atoms with E-state index >= 15 is 0 Å². The first-order valence-electron chi connectivity index (χ1n) is 12.7. The Kier molecular flexibility index (Phi) is 17.8. The number of fused-ring (bicyclic) bond motifs is 2. The Morgan fingerprint density at radius 2 is 1.74 bits per heavy atom. The first kappa shape index (κ1) is 36.5. The number of nitriles is 2. The number of amides is 1. The van der Waals surface area contributed by atoms with Crippen molar-refractivity contribution in [3.8, 4) is 12.1 Å². The SMILES string of the molecule is C=C(C)C#N.C=CC(=O)OC1C[C@H]2CC[C@@]1(C)C2(C)C.C=CN1CCCC1=O.C=COC(C)=O.CCC#N. The van der Waals surface area contributed by atoms with Gasteiger partial charge in [-0.2, -0.15) is 10.5 Å². The highest BCUT2D eigenvalue weighted by atomic mass is 16.5. The van der Waals surface area contributed by atoms with Gasteiger partial charge in [0.05, 0.1) is 18.4 Å². The first-order chi connectivity index (χ1) is 17.7. The van der Waals surface area contributed by atoms with E-state index in [2.05, 4.69) is 51.8 Å². The molecule has 3 fully saturated rings. The number of nitrogens with zero attached hydrogens (tertiary/aromatic N) is 3. The van der Waals surface area contributed by atoms with Crippen molar-refractivity contribution >= 4 is 17.8 Å². The highest BCUT2D eigenvalue weighted by molar-refractivity contribution is 5.81. The molecule has 1 aliphatic heterocycles. The van der Waals surface area contributed by atoms with Crippen LogP contribution in [-0.4, -0.2) is 35.4 Å². The molecule has 0 N–H and O–H groups in total. The van der Waals surface area contributed by atoms with Crippen LogP contribution in [0.5, 0.6) is 0 Å². The van der Waals surface area contributed by atoms with E-state index in [-0.39, 0.29) is 29.4 Å². The third-order valence-corrected chi connectivity index (χ3v) is 7.07. The number of hydrogen-bond acceptors (Lipinski definition) is 7. The zero-order valence-corrected chi connectivity index (χ0v) is 24.0. The molecule has 8 heteroatoms. The summed E-state index contributed by atoms with van der Waals surface area (Å²) >= 11 is 0. The van der Waals surface area contributed by atoms with E-state index in [0.717, 1.165) is 25.6 Å². The Labute approximate surface area is 229 Å². The minimum absolute atomic E-state index is 0.0942. The fraction of sp³-hybridized carbons (Fsp3) is 0.567. The average Bonchev–Trinajstić information content (AvgIpc) is 3.45. The molecule has 0 radical (unpaired) electrons. The standard InChI is InChI=1S/C13H20O2.C6H9NO.C4H5N.C4H6O2.C3H5N/c1-5-11(14)15-10-8-9-6-7-13(10,4)12(9,2)3;1-2-7-5-3-4-6(7)8;1-4(2)3-5;1-3-6-4(2)5;1-2-3-4/h5,9-10H,1,6-8H2,2-4H3;2H,1,3-5H2;1H2,2H3;3H,1H2,2H3;2H2,1H3/t9-,10?,13-;;;;/m1..../s1. The molecule has 3 atom stereocenters. The van der Waals surface area contributed by atoms with E-state index in [1.165, 1.54) is 25.8 Å². The maximum atomic E-state index is 11.3. The zero-order valence-electron chi connectivity index (χ0n) is 24.0. The number of hydrogen-bond donors (Lipinski definition) is 0. The summed E-state index contributed by atoms with van der Waals surface area (Å²) in [4.78, 5) is 33.3. The Hall–Kier alpha value is -3.65. The molecule has 1 unspecified atom stereocenters. The molecule has 0 aromatic heterocycles. The lowest BCUT2D eigenvalue weighted by Gasteiger charge is -2.38. The van der Waals surface area contributed by atoms with Crippen molar-refractivity contribution < 1.29 is 23.9 Å². The van der Waals surface area contributed by atoms with Crippen molar-refractivity contribution in [2.75, 3.05) is 6.54 Å². The van der Waals surface area contributed by atoms with Gasteiger partial charge in [0.2, 0.25) is 5.91 Å². The van der Waals surface area contributed by atoms with Gasteiger partial charge in [-0.1, -0.05) is 54.0 Å². The summed E-state index contributed by atoms with van der Waals surface area (Å²) in [5.74, 6) is 0.319. The second kappa shape index (κ2) is 18.6. The van der Waals surface area contributed by atoms with E-state index in [9.17, 15) is 14.4 Å². The highest BCUT2D eigenvalue weighted by Crippen LogP contribution is 2.66. The summed E-state index contributed by atoms with van der Waals surface area (Å²) in [6.45, 7) is 26.0. The molecule has 1 amide bonds. The van der Waals surface area contributed by atoms with Gasteiger partial charge in [-0.05, 0) is 50.1 Å². The quantitative estimate of drug-likeness (QED) is 0.180. The van der Waals surface area contributed by atoms with E-state index in [1.54, 1.807) is 18.0 Å². The Bertz CT molecular complexity index is 925. The van der Waals surface area contributed by atoms with Gasteiger partial charge in [-0.25, -0.2) is 4.79 Å². The summed E-state index contributed by atoms with van der Waals surface area (Å²) < 4.78 is 9.64. The van der Waals surface area contributed by atoms with Gasteiger partial charge in [0, 0.05) is 43.4 Å². The van der Waals surface area contributed by atoms with E-state index in [1.807, 2.05) is 19.1 Å². The molecule has 0 spiro atoms. The molecule has 8 nitrogen and oxygen atoms in total. The van der Waals surface area contributed by atoms with Gasteiger partial charge in [0.25, 0.3) is 0 Å². The Morgan fingerprint density at radius 1 is 1.18 bits per heavy atom. The van der Waals surface area contributed by atoms with Crippen molar-refractivity contribution in [3.05, 3.63) is 50.4 Å². The molecule has 2 saturated carbocycles. The lowest BCUT2D eigenvalue weighted by Crippen LogP contribution is -2.38. The number of ether oxygens (including phenoxy) is 2. The molecule has 3 rings (SSSR count). The number of carbonyl (C=O) groups is 3. The van der Waals surface area contributed by atoms with Crippen LogP contribution in [0.2, 0.25) is 0 Å². The summed E-state index contributed by atoms with van der Waals surface area (Å²) in [7, 11) is 0. The van der Waals surface area contributed by atoms with Gasteiger partial charge < -0.3 is 14.4 Å². The second-order valence-electron chi connectivity index (χ2n) is 9.79. The van der Waals surface area contributed by atoms with E-state index < -0.39 is 0 Å². The molecule has 0 aromatic rings. The second-order valence-corrected chi connectivity index (χ2v) is 9.79. The van der Waals surface area contributed by atoms with Crippen LogP contribution in [0, 0.1) is 39.4 Å². The van der Waals surface area contributed by atoms with Crippen LogP contribution in [0.3, 0.4) is 0 Å². The molecule has 2 bridgehead atoms. The molecule has 1 saturated heterocycles. The predicted molar refractivity (Wildman–Crippen MR) is 149 cm³/mol. The normalized spacial score (nSPS) is 22.8. The maximum absolute atomic E-state index is 11.3. The van der Waals surface area contributed by atoms with Crippen molar-refractivity contribution in [2.45, 2.75) is 86.2 Å². The monoisotopic (exact) mass is 527 g/mol. The third-order valence-electron chi connectivity index (χ3n) is 7.07. The first-order valence-corrected chi connectivity index (χ1v) is 12.7. The van der Waals surface area contributed by atoms with Crippen LogP contribution < -0.4 is 0 Å². The maximum Gasteiger partial charge on any atom is 0.330 e. The Morgan fingerprint density at radius 3 is 1.95 bits per heavy atom. The third kappa shape index (κ3) is 12.1. The number of esters is 2. The van der Waals surface area contributed by atoms with Gasteiger partial charge in [0.1, 0.15) is 6.10 Å². The summed E-state index contributed by atoms with van der Waals surface area (Å²) in [5, 5.41) is 15.4. The van der Waals surface area contributed by atoms with Crippen molar-refractivity contribution in [1.29, 1.82) is 10.5 Å². The number of allylic oxidation sites excluding steroid dienone is 1. The lowest BCUT2D eigenvalue weighted by molar-refractivity contribution is -0.150. The molecule has 1 heterocycles. The van der Waals surface area contributed by atoms with Crippen molar-refractivity contribution in [3.63, 3.8) is 0 Å². The summed E-state index contributed by atoms with van der Waals surface area (Å²) in [6, 6.07) is 3.76. The van der Waals surface area contributed by atoms with Gasteiger partial charge in [0.15, 0.2) is 0 Å². The van der Waals surface area contributed by atoms with Crippen LogP contribution >= 0.6 is 0 Å². The molecular formula is C30H45N3O5. The minimum atomic E-state index is -0.329. The van der Waals surface area contributed by atoms with Crippen molar-refractivity contribution in [1.82, 2.24) is 4.90 Å². The number of carbonyl (C=O) groups excluding carboxylic acids is 3. The zero-order chi connectivity index (χ0) is 29.9. The van der Waals surface area contributed by atoms with Crippen LogP contribution in [0.1, 0.15) is 80.1 Å². The molecule has 3 aliphatic rings. The van der Waals surface area contributed by atoms with Gasteiger partial charge in [-0.3, -0.25) is 9.59 Å². The molecule has 210 valence electrons. The highest BCUT2D eigenvalue weighted by Gasteiger charge is 2.62. The predicted octanol–water partition coefficient (Wildman–Crippen LogP) is 6.38. The van der Waals surface area contributed by atoms with Crippen molar-refractivity contribution in [2.24, 2.45) is 16.7 Å². The fourth-order valence-electron chi connectivity index (χ4n) is 4.48. The fourth-order valence-corrected chi connectivity index (χ4v) is 4.48. The van der Waals surface area contributed by atoms with Gasteiger partial charge in [-0.15, -0.1) is 0 Å². The Balaban J connectivity index is 0. The lowest BCUT2D eigenvalue weighted by atomic mass is 9.70. The average molecular weight is 528 g/mol. The topological polar surface area (TPSA) is 120 Å². The number of rotatable bonds is 4. The van der Waals surface area contributed by atoms with Gasteiger partial charge >= 0.3 is 11.9 Å². The van der Waals surface area contributed by atoms with E-state index in [4.69, 9.17) is 15.3 Å². The van der Waals surface area contributed by atoms with Crippen LogP contribution in [-0.2, 0) is 23.9 Å². The summed E-state index contributed by atoms with van der Waals surface area (Å²) in [6.07, 6.45) is 9.86. The molecular weight excluding hydrogens is 482 g/mol. The minimum Gasteiger partial charge on any atom is -0.459 e. The molecule has 0 aromatic carbocycles. The number of likely N-dealkylation sites (tertiary alicyclic amines) is 1. The summed E-state index contributed by atoms with van der Waals surface area (Å²) in [5.41, 5.74) is 1.03. The van der Waals surface area contributed by atoms with Crippen LogP contribution in [0.25, 0.3) is 0 Å². The molecule has 38 heavy (non-hydrogen) atoms. The molecule has 2 aliphatic carbocycles.